The molecule has 154 valence electrons. The summed E-state index contributed by atoms with van der Waals surface area (Å²) >= 11 is 6.25. The van der Waals surface area contributed by atoms with Crippen molar-refractivity contribution < 1.29 is 4.39 Å². The summed E-state index contributed by atoms with van der Waals surface area (Å²) in [5.74, 6) is 2.10. The molecule has 6 rings (SSSR count). The molecular formula is C21H21ClFN7. The van der Waals surface area contributed by atoms with Gasteiger partial charge in [-0.15, -0.1) is 10.2 Å². The highest BCUT2D eigenvalue weighted by Gasteiger charge is 2.53. The molecule has 3 aliphatic heterocycles. The van der Waals surface area contributed by atoms with Gasteiger partial charge in [0.05, 0.1) is 12.2 Å². The van der Waals surface area contributed by atoms with E-state index in [0.29, 0.717) is 5.82 Å². The lowest BCUT2D eigenvalue weighted by Crippen LogP contribution is -2.73. The van der Waals surface area contributed by atoms with Crippen LogP contribution in [0.4, 0.5) is 16.2 Å². The highest BCUT2D eigenvalue weighted by molar-refractivity contribution is 6.30. The maximum atomic E-state index is 13.4. The molecule has 7 nitrogen and oxygen atoms in total. The van der Waals surface area contributed by atoms with Gasteiger partial charge in [-0.2, -0.15) is 4.39 Å². The summed E-state index contributed by atoms with van der Waals surface area (Å²) in [5, 5.41) is 9.76. The van der Waals surface area contributed by atoms with E-state index >= 15 is 0 Å². The summed E-state index contributed by atoms with van der Waals surface area (Å²) in [4.78, 5) is 10.6. The zero-order chi connectivity index (χ0) is 20.5. The van der Waals surface area contributed by atoms with Gasteiger partial charge in [-0.25, -0.2) is 4.98 Å². The second-order valence-corrected chi connectivity index (χ2v) is 9.16. The summed E-state index contributed by atoms with van der Waals surface area (Å²) in [5.41, 5.74) is 2.48. The SMILES string of the molecule is CN1Cc2cc(Cl)ccc2-n2c(nnc2N2CC3(CN(c4cccc(F)n4)C3)C2)C1. The van der Waals surface area contributed by atoms with Crippen molar-refractivity contribution in [1.82, 2.24) is 24.6 Å². The predicted octanol–water partition coefficient (Wildman–Crippen LogP) is 2.73. The third-order valence-corrected chi connectivity index (χ3v) is 6.49. The van der Waals surface area contributed by atoms with Crippen molar-refractivity contribution in [3.05, 3.63) is 58.8 Å². The molecule has 30 heavy (non-hydrogen) atoms. The lowest BCUT2D eigenvalue weighted by atomic mass is 9.73. The molecule has 1 spiro atoms. The molecule has 0 radical (unpaired) electrons. The smallest absolute Gasteiger partial charge is 0.231 e. The molecule has 0 unspecified atom stereocenters. The number of nitrogens with zero attached hydrogens (tertiary/aromatic N) is 7. The van der Waals surface area contributed by atoms with Crippen LogP contribution in [-0.4, -0.2) is 57.9 Å². The van der Waals surface area contributed by atoms with Crippen molar-refractivity contribution in [3.8, 4) is 5.69 Å². The van der Waals surface area contributed by atoms with Gasteiger partial charge < -0.3 is 9.80 Å². The minimum Gasteiger partial charge on any atom is -0.355 e. The molecule has 0 atom stereocenters. The van der Waals surface area contributed by atoms with E-state index in [1.165, 1.54) is 11.6 Å². The van der Waals surface area contributed by atoms with E-state index in [2.05, 4.69) is 47.6 Å². The molecule has 9 heteroatoms. The molecule has 1 aromatic carbocycles. The van der Waals surface area contributed by atoms with Gasteiger partial charge in [0, 0.05) is 43.2 Å². The first kappa shape index (κ1) is 18.1. The van der Waals surface area contributed by atoms with Crippen LogP contribution in [0.2, 0.25) is 5.02 Å². The number of benzene rings is 1. The van der Waals surface area contributed by atoms with Gasteiger partial charge >= 0.3 is 0 Å². The maximum absolute atomic E-state index is 13.4. The first-order valence-corrected chi connectivity index (χ1v) is 10.4. The van der Waals surface area contributed by atoms with E-state index in [1.807, 2.05) is 18.2 Å². The van der Waals surface area contributed by atoms with Gasteiger partial charge in [-0.3, -0.25) is 9.47 Å². The van der Waals surface area contributed by atoms with E-state index in [4.69, 9.17) is 11.6 Å². The Balaban J connectivity index is 1.24. The van der Waals surface area contributed by atoms with Gasteiger partial charge in [0.25, 0.3) is 0 Å². The Bertz CT molecular complexity index is 1130. The lowest BCUT2D eigenvalue weighted by Gasteiger charge is -2.60. The Morgan fingerprint density at radius 2 is 1.80 bits per heavy atom. The highest BCUT2D eigenvalue weighted by Crippen LogP contribution is 2.43. The fourth-order valence-corrected chi connectivity index (χ4v) is 5.15. The van der Waals surface area contributed by atoms with Crippen LogP contribution in [0, 0.1) is 11.4 Å². The maximum Gasteiger partial charge on any atom is 0.231 e. The lowest BCUT2D eigenvalue weighted by molar-refractivity contribution is 0.153. The highest BCUT2D eigenvalue weighted by atomic mass is 35.5. The molecule has 3 aliphatic rings. The fraction of sp³-hybridized carbons (Fsp3) is 0.381. The Morgan fingerprint density at radius 3 is 2.60 bits per heavy atom. The topological polar surface area (TPSA) is 53.3 Å². The Morgan fingerprint density at radius 1 is 1.00 bits per heavy atom. The average Bonchev–Trinajstić information content (AvgIpc) is 2.96. The summed E-state index contributed by atoms with van der Waals surface area (Å²) in [7, 11) is 2.08. The van der Waals surface area contributed by atoms with E-state index in [9.17, 15) is 4.39 Å². The van der Waals surface area contributed by atoms with Crippen LogP contribution in [0.5, 0.6) is 0 Å². The number of hydrogen-bond donors (Lipinski definition) is 0. The fourth-order valence-electron chi connectivity index (χ4n) is 4.95. The number of rotatable bonds is 2. The van der Waals surface area contributed by atoms with Crippen LogP contribution in [0.25, 0.3) is 5.69 Å². The summed E-state index contributed by atoms with van der Waals surface area (Å²) in [6.07, 6.45) is 0. The minimum absolute atomic E-state index is 0.213. The number of pyridine rings is 1. The van der Waals surface area contributed by atoms with Crippen LogP contribution in [0.1, 0.15) is 11.4 Å². The molecular weight excluding hydrogens is 405 g/mol. The number of halogens is 2. The van der Waals surface area contributed by atoms with Crippen molar-refractivity contribution in [2.24, 2.45) is 5.41 Å². The summed E-state index contributed by atoms with van der Waals surface area (Å²) < 4.78 is 15.6. The molecule has 0 bridgehead atoms. The first-order chi connectivity index (χ1) is 14.5. The van der Waals surface area contributed by atoms with Gasteiger partial charge in [-0.05, 0) is 42.9 Å². The standard InChI is InChI=1S/C21H21ClFN7/c1-27-8-14-7-15(22)5-6-16(14)30-19(9-27)25-26-20(30)29-12-21(13-29)10-28(11-21)18-4-2-3-17(23)24-18/h2-7H,8-13H2,1H3. The van der Waals surface area contributed by atoms with Crippen molar-refractivity contribution >= 4 is 23.4 Å². The zero-order valence-corrected chi connectivity index (χ0v) is 17.3. The van der Waals surface area contributed by atoms with Crippen LogP contribution in [-0.2, 0) is 13.1 Å². The molecule has 2 saturated heterocycles. The minimum atomic E-state index is -0.432. The molecule has 5 heterocycles. The van der Waals surface area contributed by atoms with E-state index in [-0.39, 0.29) is 5.41 Å². The summed E-state index contributed by atoms with van der Waals surface area (Å²) in [6, 6.07) is 11.0. The van der Waals surface area contributed by atoms with E-state index < -0.39 is 5.95 Å². The molecule has 2 fully saturated rings. The van der Waals surface area contributed by atoms with Gasteiger partial charge in [0.1, 0.15) is 5.82 Å². The number of aromatic nitrogens is 4. The summed E-state index contributed by atoms with van der Waals surface area (Å²) in [6.45, 7) is 5.15. The van der Waals surface area contributed by atoms with Crippen molar-refractivity contribution in [1.29, 1.82) is 0 Å². The quantitative estimate of drug-likeness (QED) is 0.588. The third-order valence-electron chi connectivity index (χ3n) is 6.26. The monoisotopic (exact) mass is 425 g/mol. The van der Waals surface area contributed by atoms with Crippen molar-refractivity contribution in [2.75, 3.05) is 43.0 Å². The predicted molar refractivity (Wildman–Crippen MR) is 113 cm³/mol. The largest absolute Gasteiger partial charge is 0.355 e. The van der Waals surface area contributed by atoms with Crippen LogP contribution < -0.4 is 9.80 Å². The average molecular weight is 426 g/mol. The number of fused-ring (bicyclic) bond motifs is 3. The van der Waals surface area contributed by atoms with Gasteiger partial charge in [-0.1, -0.05) is 17.7 Å². The molecule has 3 aromatic rings. The molecule has 0 saturated carbocycles. The number of anilines is 2. The van der Waals surface area contributed by atoms with Crippen LogP contribution in [0.15, 0.2) is 36.4 Å². The molecule has 0 amide bonds. The Kier molecular flexibility index (Phi) is 3.85. The Labute approximate surface area is 178 Å². The van der Waals surface area contributed by atoms with Crippen LogP contribution in [0.3, 0.4) is 0 Å². The molecule has 0 N–H and O–H groups in total. The van der Waals surface area contributed by atoms with Crippen molar-refractivity contribution in [2.45, 2.75) is 13.1 Å². The molecule has 0 aliphatic carbocycles. The normalized spacial score (nSPS) is 19.7. The van der Waals surface area contributed by atoms with Crippen LogP contribution >= 0.6 is 11.6 Å². The van der Waals surface area contributed by atoms with E-state index in [0.717, 1.165) is 61.8 Å². The van der Waals surface area contributed by atoms with Crippen molar-refractivity contribution in [3.63, 3.8) is 0 Å². The second-order valence-electron chi connectivity index (χ2n) is 8.73. The second kappa shape index (κ2) is 6.39. The van der Waals surface area contributed by atoms with Gasteiger partial charge in [0.2, 0.25) is 11.9 Å². The van der Waals surface area contributed by atoms with Gasteiger partial charge in [0.15, 0.2) is 5.82 Å². The zero-order valence-electron chi connectivity index (χ0n) is 16.6. The third kappa shape index (κ3) is 2.78. The molecule has 2 aromatic heterocycles. The number of hydrogen-bond acceptors (Lipinski definition) is 6. The van der Waals surface area contributed by atoms with E-state index in [1.54, 1.807) is 6.07 Å². The first-order valence-electron chi connectivity index (χ1n) is 10.0. The Hall–Kier alpha value is -2.71.